The normalized spacial score (nSPS) is 13.4. The summed E-state index contributed by atoms with van der Waals surface area (Å²) in [5.74, 6) is 1.39. The smallest absolute Gasteiger partial charge is 0.161 e. The number of rotatable bonds is 7. The molecule has 4 nitrogen and oxygen atoms in total. The van der Waals surface area contributed by atoms with Crippen molar-refractivity contribution in [2.75, 3.05) is 20.3 Å². The van der Waals surface area contributed by atoms with E-state index in [-0.39, 0.29) is 6.61 Å². The summed E-state index contributed by atoms with van der Waals surface area (Å²) in [7, 11) is 1.74. The van der Waals surface area contributed by atoms with Crippen LogP contribution in [-0.4, -0.2) is 25.8 Å². The molecule has 0 saturated carbocycles. The van der Waals surface area contributed by atoms with Crippen LogP contribution in [0.3, 0.4) is 0 Å². The van der Waals surface area contributed by atoms with Gasteiger partial charge in [0.2, 0.25) is 0 Å². The Labute approximate surface area is 109 Å². The van der Waals surface area contributed by atoms with Crippen molar-refractivity contribution in [1.29, 1.82) is 5.26 Å². The third kappa shape index (κ3) is 3.94. The first-order valence-electron chi connectivity index (χ1n) is 6.10. The first-order valence-corrected chi connectivity index (χ1v) is 6.10. The van der Waals surface area contributed by atoms with E-state index in [0.29, 0.717) is 12.4 Å². The van der Waals surface area contributed by atoms with Crippen molar-refractivity contribution < 1.29 is 9.47 Å². The van der Waals surface area contributed by atoms with Gasteiger partial charge in [-0.3, -0.25) is 5.32 Å². The average Bonchev–Trinajstić information content (AvgIpc) is 2.43. The van der Waals surface area contributed by atoms with Crippen LogP contribution in [0.5, 0.6) is 11.5 Å². The third-order valence-electron chi connectivity index (χ3n) is 2.63. The molecular weight excluding hydrogens is 228 g/mol. The molecule has 0 aromatic heterocycles. The number of nitriles is 1. The summed E-state index contributed by atoms with van der Waals surface area (Å²) in [4.78, 5) is 0. The van der Waals surface area contributed by atoms with Crippen LogP contribution in [0.25, 0.3) is 0 Å². The van der Waals surface area contributed by atoms with Gasteiger partial charge in [-0.25, -0.2) is 0 Å². The molecule has 0 heterocycles. The largest absolute Gasteiger partial charge is 0.490 e. The molecule has 18 heavy (non-hydrogen) atoms. The summed E-state index contributed by atoms with van der Waals surface area (Å²) in [6.45, 7) is 4.77. The molecule has 0 radical (unpaired) electrons. The van der Waals surface area contributed by atoms with Gasteiger partial charge in [-0.1, -0.05) is 19.1 Å². The average molecular weight is 248 g/mol. The molecule has 1 rings (SSSR count). The van der Waals surface area contributed by atoms with Crippen LogP contribution in [0, 0.1) is 11.3 Å². The van der Waals surface area contributed by atoms with Gasteiger partial charge in [-0.15, -0.1) is 0 Å². The standard InChI is InChI=1S/C14H20N2O2/c1-4-9-17-12-7-5-6-8-13(12)18-11-14(2,10-15)16-3/h5-8,16H,4,9,11H2,1-3H3. The molecule has 4 heteroatoms. The molecule has 0 fully saturated rings. The zero-order chi connectivity index (χ0) is 13.4. The van der Waals surface area contributed by atoms with Gasteiger partial charge in [0.1, 0.15) is 12.1 Å². The molecule has 0 saturated heterocycles. The second kappa shape index (κ2) is 6.87. The van der Waals surface area contributed by atoms with E-state index in [1.807, 2.05) is 24.3 Å². The maximum absolute atomic E-state index is 9.05. The van der Waals surface area contributed by atoms with Crippen LogP contribution >= 0.6 is 0 Å². The van der Waals surface area contributed by atoms with Gasteiger partial charge < -0.3 is 9.47 Å². The minimum Gasteiger partial charge on any atom is -0.490 e. The maximum atomic E-state index is 9.05. The highest BCUT2D eigenvalue weighted by molar-refractivity contribution is 5.39. The minimum absolute atomic E-state index is 0.270. The highest BCUT2D eigenvalue weighted by Gasteiger charge is 2.22. The van der Waals surface area contributed by atoms with Crippen LogP contribution in [0.15, 0.2) is 24.3 Å². The molecule has 0 amide bonds. The van der Waals surface area contributed by atoms with E-state index in [4.69, 9.17) is 14.7 Å². The molecule has 98 valence electrons. The van der Waals surface area contributed by atoms with Gasteiger partial charge in [-0.05, 0) is 32.5 Å². The summed E-state index contributed by atoms with van der Waals surface area (Å²) in [6.07, 6.45) is 0.945. The van der Waals surface area contributed by atoms with Gasteiger partial charge in [0.05, 0.1) is 12.7 Å². The quantitative estimate of drug-likeness (QED) is 0.804. The fourth-order valence-corrected chi connectivity index (χ4v) is 1.28. The fraction of sp³-hybridized carbons (Fsp3) is 0.500. The molecular formula is C14H20N2O2. The predicted octanol–water partition coefficient (Wildman–Crippen LogP) is 2.36. The Bertz CT molecular complexity index is 415. The summed E-state index contributed by atoms with van der Waals surface area (Å²) >= 11 is 0. The van der Waals surface area contributed by atoms with E-state index in [1.165, 1.54) is 0 Å². The van der Waals surface area contributed by atoms with Gasteiger partial charge in [0, 0.05) is 0 Å². The second-order valence-corrected chi connectivity index (χ2v) is 4.28. The maximum Gasteiger partial charge on any atom is 0.161 e. The molecule has 0 aliphatic carbocycles. The van der Waals surface area contributed by atoms with Crippen molar-refractivity contribution in [2.45, 2.75) is 25.8 Å². The number of para-hydroxylation sites is 2. The van der Waals surface area contributed by atoms with Gasteiger partial charge in [0.15, 0.2) is 11.5 Å². The molecule has 1 N–H and O–H groups in total. The third-order valence-corrected chi connectivity index (χ3v) is 2.63. The first kappa shape index (κ1) is 14.3. The molecule has 1 atom stereocenters. The Morgan fingerprint density at radius 3 is 2.39 bits per heavy atom. The Balaban J connectivity index is 2.70. The van der Waals surface area contributed by atoms with E-state index in [0.717, 1.165) is 12.2 Å². The molecule has 0 aliphatic rings. The molecule has 0 bridgehead atoms. The number of ether oxygens (including phenoxy) is 2. The summed E-state index contributed by atoms with van der Waals surface area (Å²) in [6, 6.07) is 9.69. The lowest BCUT2D eigenvalue weighted by Gasteiger charge is -2.21. The molecule has 1 aromatic carbocycles. The van der Waals surface area contributed by atoms with Crippen molar-refractivity contribution in [1.82, 2.24) is 5.32 Å². The van der Waals surface area contributed by atoms with Gasteiger partial charge >= 0.3 is 0 Å². The number of likely N-dealkylation sites (N-methyl/N-ethyl adjacent to an activating group) is 1. The number of hydrogen-bond donors (Lipinski definition) is 1. The molecule has 0 aliphatic heterocycles. The fourth-order valence-electron chi connectivity index (χ4n) is 1.28. The minimum atomic E-state index is -0.697. The van der Waals surface area contributed by atoms with Crippen LogP contribution < -0.4 is 14.8 Å². The first-order chi connectivity index (χ1) is 8.65. The lowest BCUT2D eigenvalue weighted by Crippen LogP contribution is -2.43. The Kier molecular flexibility index (Phi) is 5.47. The van der Waals surface area contributed by atoms with E-state index in [2.05, 4.69) is 18.3 Å². The van der Waals surface area contributed by atoms with Crippen LogP contribution in [-0.2, 0) is 0 Å². The molecule has 1 aromatic rings. The Morgan fingerprint density at radius 2 is 1.89 bits per heavy atom. The SMILES string of the molecule is CCCOc1ccccc1OCC(C)(C#N)NC. The van der Waals surface area contributed by atoms with E-state index in [1.54, 1.807) is 14.0 Å². The highest BCUT2D eigenvalue weighted by atomic mass is 16.5. The van der Waals surface area contributed by atoms with Crippen LogP contribution in [0.1, 0.15) is 20.3 Å². The zero-order valence-electron chi connectivity index (χ0n) is 11.2. The Hall–Kier alpha value is -1.73. The second-order valence-electron chi connectivity index (χ2n) is 4.28. The predicted molar refractivity (Wildman–Crippen MR) is 70.8 cm³/mol. The zero-order valence-corrected chi connectivity index (χ0v) is 11.2. The van der Waals surface area contributed by atoms with Crippen molar-refractivity contribution in [3.05, 3.63) is 24.3 Å². The van der Waals surface area contributed by atoms with Crippen LogP contribution in [0.4, 0.5) is 0 Å². The monoisotopic (exact) mass is 248 g/mol. The lowest BCUT2D eigenvalue weighted by atomic mass is 10.1. The van der Waals surface area contributed by atoms with Gasteiger partial charge in [0.25, 0.3) is 0 Å². The van der Waals surface area contributed by atoms with Crippen molar-refractivity contribution in [2.24, 2.45) is 0 Å². The number of benzene rings is 1. The van der Waals surface area contributed by atoms with E-state index in [9.17, 15) is 0 Å². The topological polar surface area (TPSA) is 54.3 Å². The van der Waals surface area contributed by atoms with E-state index >= 15 is 0 Å². The summed E-state index contributed by atoms with van der Waals surface area (Å²) in [5.41, 5.74) is -0.697. The summed E-state index contributed by atoms with van der Waals surface area (Å²) in [5, 5.41) is 12.0. The molecule has 0 spiro atoms. The lowest BCUT2D eigenvalue weighted by molar-refractivity contribution is 0.224. The number of hydrogen-bond acceptors (Lipinski definition) is 4. The van der Waals surface area contributed by atoms with Crippen molar-refractivity contribution in [3.8, 4) is 17.6 Å². The number of nitrogens with one attached hydrogen (secondary N) is 1. The number of nitrogens with zero attached hydrogens (tertiary/aromatic N) is 1. The van der Waals surface area contributed by atoms with Crippen molar-refractivity contribution in [3.63, 3.8) is 0 Å². The van der Waals surface area contributed by atoms with E-state index < -0.39 is 5.54 Å². The molecule has 1 unspecified atom stereocenters. The van der Waals surface area contributed by atoms with Crippen molar-refractivity contribution >= 4 is 0 Å². The van der Waals surface area contributed by atoms with Crippen LogP contribution in [0.2, 0.25) is 0 Å². The summed E-state index contributed by atoms with van der Waals surface area (Å²) < 4.78 is 11.3. The highest BCUT2D eigenvalue weighted by Crippen LogP contribution is 2.27. The Morgan fingerprint density at radius 1 is 1.28 bits per heavy atom. The van der Waals surface area contributed by atoms with Gasteiger partial charge in [-0.2, -0.15) is 5.26 Å².